The van der Waals surface area contributed by atoms with Crippen LogP contribution in [-0.4, -0.2) is 42.3 Å². The lowest BCUT2D eigenvalue weighted by molar-refractivity contribution is -0.136. The van der Waals surface area contributed by atoms with Crippen molar-refractivity contribution in [3.8, 4) is 0 Å². The van der Waals surface area contributed by atoms with Crippen LogP contribution in [0.3, 0.4) is 0 Å². The van der Waals surface area contributed by atoms with Gasteiger partial charge in [0.15, 0.2) is 0 Å². The standard InChI is InChI=1S/C16H32N2O/c1-13(2)14-4-6-15(12-17,7-5-14)16(19)8-10-18(3)11-9-16/h13-14,19H,4-12,17H2,1-3H3. The van der Waals surface area contributed by atoms with E-state index in [1.165, 1.54) is 12.8 Å². The predicted molar refractivity (Wildman–Crippen MR) is 80.0 cm³/mol. The maximum atomic E-state index is 11.2. The molecule has 2 rings (SSSR count). The molecule has 1 saturated heterocycles. The molecule has 0 bridgehead atoms. The fraction of sp³-hybridized carbons (Fsp3) is 1.00. The third kappa shape index (κ3) is 2.84. The van der Waals surface area contributed by atoms with Crippen LogP contribution in [0.5, 0.6) is 0 Å². The average molecular weight is 268 g/mol. The van der Waals surface area contributed by atoms with Gasteiger partial charge in [-0.2, -0.15) is 0 Å². The summed E-state index contributed by atoms with van der Waals surface area (Å²) < 4.78 is 0. The zero-order valence-electron chi connectivity index (χ0n) is 13.0. The molecule has 0 unspecified atom stereocenters. The highest BCUT2D eigenvalue weighted by molar-refractivity contribution is 5.04. The number of aliphatic hydroxyl groups is 1. The van der Waals surface area contributed by atoms with Crippen LogP contribution in [0.25, 0.3) is 0 Å². The van der Waals surface area contributed by atoms with Crippen molar-refractivity contribution in [1.29, 1.82) is 0 Å². The van der Waals surface area contributed by atoms with Crippen molar-refractivity contribution >= 4 is 0 Å². The normalized spacial score (nSPS) is 36.6. The van der Waals surface area contributed by atoms with Crippen molar-refractivity contribution in [2.45, 2.75) is 58.0 Å². The smallest absolute Gasteiger partial charge is 0.0740 e. The van der Waals surface area contributed by atoms with Crippen molar-refractivity contribution in [1.82, 2.24) is 4.90 Å². The zero-order valence-corrected chi connectivity index (χ0v) is 13.0. The number of hydrogen-bond donors (Lipinski definition) is 2. The molecule has 19 heavy (non-hydrogen) atoms. The van der Waals surface area contributed by atoms with E-state index in [1.54, 1.807) is 0 Å². The van der Waals surface area contributed by atoms with Gasteiger partial charge in [-0.05, 0) is 57.4 Å². The molecule has 3 heteroatoms. The van der Waals surface area contributed by atoms with Crippen LogP contribution in [0, 0.1) is 17.3 Å². The SMILES string of the molecule is CC(C)C1CCC(CN)(C2(O)CCN(C)CC2)CC1. The van der Waals surface area contributed by atoms with Gasteiger partial charge in [0.05, 0.1) is 5.60 Å². The summed E-state index contributed by atoms with van der Waals surface area (Å²) in [6.07, 6.45) is 6.51. The molecule has 3 nitrogen and oxygen atoms in total. The molecule has 1 heterocycles. The molecule has 0 radical (unpaired) electrons. The van der Waals surface area contributed by atoms with Gasteiger partial charge in [0.1, 0.15) is 0 Å². The van der Waals surface area contributed by atoms with E-state index >= 15 is 0 Å². The van der Waals surface area contributed by atoms with Crippen LogP contribution >= 0.6 is 0 Å². The number of piperidine rings is 1. The minimum Gasteiger partial charge on any atom is -0.389 e. The van der Waals surface area contributed by atoms with Gasteiger partial charge in [0.2, 0.25) is 0 Å². The van der Waals surface area contributed by atoms with Gasteiger partial charge in [-0.1, -0.05) is 13.8 Å². The van der Waals surface area contributed by atoms with Gasteiger partial charge in [0.25, 0.3) is 0 Å². The maximum absolute atomic E-state index is 11.2. The summed E-state index contributed by atoms with van der Waals surface area (Å²) in [6, 6.07) is 0. The summed E-state index contributed by atoms with van der Waals surface area (Å²) >= 11 is 0. The third-order valence-electron chi connectivity index (χ3n) is 6.12. The van der Waals surface area contributed by atoms with Gasteiger partial charge < -0.3 is 15.7 Å². The van der Waals surface area contributed by atoms with Gasteiger partial charge in [-0.15, -0.1) is 0 Å². The fourth-order valence-corrected chi connectivity index (χ4v) is 4.24. The number of hydrogen-bond acceptors (Lipinski definition) is 3. The number of nitrogens with zero attached hydrogens (tertiary/aromatic N) is 1. The Kier molecular flexibility index (Phi) is 4.59. The van der Waals surface area contributed by atoms with Crippen LogP contribution in [0.1, 0.15) is 52.4 Å². The minimum atomic E-state index is -0.518. The van der Waals surface area contributed by atoms with Crippen LogP contribution in [0.15, 0.2) is 0 Å². The molecule has 0 amide bonds. The molecule has 2 aliphatic rings. The van der Waals surface area contributed by atoms with E-state index < -0.39 is 5.60 Å². The summed E-state index contributed by atoms with van der Waals surface area (Å²) in [6.45, 7) is 7.31. The molecule has 1 saturated carbocycles. The molecular formula is C16H32N2O. The Hall–Kier alpha value is -0.120. The van der Waals surface area contributed by atoms with Gasteiger partial charge in [0, 0.05) is 25.0 Å². The third-order valence-corrected chi connectivity index (χ3v) is 6.12. The van der Waals surface area contributed by atoms with Crippen molar-refractivity contribution in [2.75, 3.05) is 26.7 Å². The molecule has 0 aromatic heterocycles. The molecular weight excluding hydrogens is 236 g/mol. The van der Waals surface area contributed by atoms with E-state index in [9.17, 15) is 5.11 Å². The highest BCUT2D eigenvalue weighted by Gasteiger charge is 2.51. The Balaban J connectivity index is 2.07. The first-order valence-corrected chi connectivity index (χ1v) is 8.03. The van der Waals surface area contributed by atoms with Crippen molar-refractivity contribution < 1.29 is 5.11 Å². The summed E-state index contributed by atoms with van der Waals surface area (Å²) in [4.78, 5) is 2.32. The predicted octanol–water partition coefficient (Wildman–Crippen LogP) is 2.23. The quantitative estimate of drug-likeness (QED) is 0.825. The lowest BCUT2D eigenvalue weighted by Gasteiger charge is -2.53. The molecule has 0 aromatic carbocycles. The first-order chi connectivity index (χ1) is 8.92. The first kappa shape index (κ1) is 15.3. The Morgan fingerprint density at radius 3 is 2.11 bits per heavy atom. The van der Waals surface area contributed by atoms with E-state index in [0.717, 1.165) is 50.6 Å². The Morgan fingerprint density at radius 1 is 1.16 bits per heavy atom. The highest BCUT2D eigenvalue weighted by atomic mass is 16.3. The van der Waals surface area contributed by atoms with Crippen molar-refractivity contribution in [3.05, 3.63) is 0 Å². The highest BCUT2D eigenvalue weighted by Crippen LogP contribution is 2.50. The van der Waals surface area contributed by atoms with Crippen molar-refractivity contribution in [2.24, 2.45) is 23.0 Å². The summed E-state index contributed by atoms with van der Waals surface area (Å²) in [7, 11) is 2.14. The Morgan fingerprint density at radius 2 is 1.68 bits per heavy atom. The molecule has 2 fully saturated rings. The van der Waals surface area contributed by atoms with E-state index in [-0.39, 0.29) is 5.41 Å². The fourth-order valence-electron chi connectivity index (χ4n) is 4.24. The second-order valence-electron chi connectivity index (χ2n) is 7.40. The van der Waals surface area contributed by atoms with Crippen LogP contribution in [-0.2, 0) is 0 Å². The molecule has 3 N–H and O–H groups in total. The van der Waals surface area contributed by atoms with Crippen molar-refractivity contribution in [3.63, 3.8) is 0 Å². The van der Waals surface area contributed by atoms with Gasteiger partial charge >= 0.3 is 0 Å². The van der Waals surface area contributed by atoms with E-state index in [0.29, 0.717) is 6.54 Å². The topological polar surface area (TPSA) is 49.5 Å². The molecule has 112 valence electrons. The largest absolute Gasteiger partial charge is 0.389 e. The second-order valence-corrected chi connectivity index (χ2v) is 7.40. The number of likely N-dealkylation sites (tertiary alicyclic amines) is 1. The van der Waals surface area contributed by atoms with Gasteiger partial charge in [-0.3, -0.25) is 0 Å². The molecule has 1 aliphatic heterocycles. The molecule has 1 aliphatic carbocycles. The average Bonchev–Trinajstić information content (AvgIpc) is 2.42. The Bertz CT molecular complexity index is 287. The van der Waals surface area contributed by atoms with E-state index in [4.69, 9.17) is 5.73 Å². The molecule has 0 atom stereocenters. The monoisotopic (exact) mass is 268 g/mol. The Labute approximate surface area is 118 Å². The van der Waals surface area contributed by atoms with Gasteiger partial charge in [-0.25, -0.2) is 0 Å². The number of nitrogens with two attached hydrogens (primary N) is 1. The van der Waals surface area contributed by atoms with E-state index in [2.05, 4.69) is 25.8 Å². The summed E-state index contributed by atoms with van der Waals surface area (Å²) in [5.74, 6) is 1.59. The molecule has 0 aromatic rings. The molecule has 0 spiro atoms. The van der Waals surface area contributed by atoms with Crippen LogP contribution < -0.4 is 5.73 Å². The lowest BCUT2D eigenvalue weighted by atomic mass is 9.57. The first-order valence-electron chi connectivity index (χ1n) is 8.03. The summed E-state index contributed by atoms with van der Waals surface area (Å²) in [5.41, 5.74) is 5.60. The second kappa shape index (κ2) is 5.71. The minimum absolute atomic E-state index is 0.0142. The number of rotatable bonds is 3. The van der Waals surface area contributed by atoms with Crippen LogP contribution in [0.2, 0.25) is 0 Å². The zero-order chi connectivity index (χ0) is 14.1. The van der Waals surface area contributed by atoms with Crippen LogP contribution in [0.4, 0.5) is 0 Å². The van der Waals surface area contributed by atoms with E-state index in [1.807, 2.05) is 0 Å². The summed E-state index contributed by atoms with van der Waals surface area (Å²) in [5, 5.41) is 11.2. The maximum Gasteiger partial charge on any atom is 0.0740 e. The lowest BCUT2D eigenvalue weighted by Crippen LogP contribution is -2.58.